The van der Waals surface area contributed by atoms with Crippen LogP contribution in [0.15, 0.2) is 0 Å². The molecular formula is C37H76N2O3. The van der Waals surface area contributed by atoms with E-state index >= 15 is 0 Å². The third kappa shape index (κ3) is 23.2. The Morgan fingerprint density at radius 2 is 0.762 bits per heavy atom. The smallest absolute Gasteiger partial charge is 0.175 e. The first-order chi connectivity index (χ1) is 20.7. The zero-order valence-corrected chi connectivity index (χ0v) is 28.6. The average molecular weight is 597 g/mol. The van der Waals surface area contributed by atoms with Crippen LogP contribution in [0, 0.1) is 0 Å². The molecule has 252 valence electrons. The van der Waals surface area contributed by atoms with Crippen LogP contribution in [0.1, 0.15) is 194 Å². The van der Waals surface area contributed by atoms with Gasteiger partial charge in [-0.05, 0) is 12.8 Å². The van der Waals surface area contributed by atoms with E-state index in [-0.39, 0.29) is 18.2 Å². The molecule has 1 saturated heterocycles. The van der Waals surface area contributed by atoms with Crippen LogP contribution in [-0.4, -0.2) is 44.3 Å². The van der Waals surface area contributed by atoms with Crippen molar-refractivity contribution in [2.75, 3.05) is 19.8 Å². The molecule has 0 aromatic rings. The quantitative estimate of drug-likeness (QED) is 0.0755. The standard InChI is InChI=1S/C37H76N2O3/c1-3-5-7-9-11-13-15-17-19-21-23-25-27-29-31-40-36-34(38)33-42-37(35(36)39)41-32-30-28-26-24-22-20-18-16-14-12-10-8-6-4-2/h34-37H,3-33,38-39H2,1-2H3/t34-,35-,36+,37-/m1/s1. The second-order valence-corrected chi connectivity index (χ2v) is 13.3. The highest BCUT2D eigenvalue weighted by Gasteiger charge is 2.37. The monoisotopic (exact) mass is 597 g/mol. The minimum atomic E-state index is -0.395. The largest absolute Gasteiger partial charge is 0.375 e. The van der Waals surface area contributed by atoms with Gasteiger partial charge in [0.05, 0.1) is 24.8 Å². The van der Waals surface area contributed by atoms with Gasteiger partial charge in [0.2, 0.25) is 0 Å². The summed E-state index contributed by atoms with van der Waals surface area (Å²) in [6.45, 7) is 6.47. The Balaban J connectivity index is 1.92. The van der Waals surface area contributed by atoms with Gasteiger partial charge in [-0.2, -0.15) is 0 Å². The Morgan fingerprint density at radius 3 is 1.12 bits per heavy atom. The molecule has 0 aliphatic carbocycles. The Kier molecular flexibility index (Phi) is 29.2. The molecule has 1 aliphatic heterocycles. The number of nitrogens with two attached hydrogens (primary N) is 2. The zero-order chi connectivity index (χ0) is 30.4. The average Bonchev–Trinajstić information content (AvgIpc) is 2.99. The minimum absolute atomic E-state index is 0.174. The molecule has 0 amide bonds. The summed E-state index contributed by atoms with van der Waals surface area (Å²) in [5, 5.41) is 0. The number of unbranched alkanes of at least 4 members (excludes halogenated alkanes) is 26. The normalized spacial score (nSPS) is 20.9. The highest BCUT2D eigenvalue weighted by molar-refractivity contribution is 4.90. The van der Waals surface area contributed by atoms with Crippen LogP contribution in [0.25, 0.3) is 0 Å². The molecule has 0 spiro atoms. The van der Waals surface area contributed by atoms with Crippen LogP contribution in [0.3, 0.4) is 0 Å². The van der Waals surface area contributed by atoms with Gasteiger partial charge in [-0.15, -0.1) is 0 Å². The molecule has 0 unspecified atom stereocenters. The van der Waals surface area contributed by atoms with E-state index in [1.54, 1.807) is 0 Å². The minimum Gasteiger partial charge on any atom is -0.375 e. The second kappa shape index (κ2) is 30.8. The Morgan fingerprint density at radius 1 is 0.452 bits per heavy atom. The van der Waals surface area contributed by atoms with Crippen molar-refractivity contribution in [1.29, 1.82) is 0 Å². The molecule has 5 heteroatoms. The van der Waals surface area contributed by atoms with Gasteiger partial charge in [0.25, 0.3) is 0 Å². The molecule has 0 saturated carbocycles. The van der Waals surface area contributed by atoms with Crippen molar-refractivity contribution >= 4 is 0 Å². The van der Waals surface area contributed by atoms with Gasteiger partial charge in [-0.25, -0.2) is 0 Å². The molecule has 42 heavy (non-hydrogen) atoms. The van der Waals surface area contributed by atoms with Crippen LogP contribution < -0.4 is 11.5 Å². The van der Waals surface area contributed by atoms with E-state index in [9.17, 15) is 0 Å². The summed E-state index contributed by atoms with van der Waals surface area (Å²) in [6, 6.07) is -0.486. The SMILES string of the molecule is CCCCCCCCCCCCCCCCO[C@@H]1OC[C@@H](N)[C@H](OCCCCCCCCCCCCCCCC)[C@H]1N. The third-order valence-electron chi connectivity index (χ3n) is 9.16. The van der Waals surface area contributed by atoms with Crippen molar-refractivity contribution in [2.24, 2.45) is 11.5 Å². The number of hydrogen-bond donors (Lipinski definition) is 2. The Labute approximate surface area is 263 Å². The molecule has 1 aliphatic rings. The molecular weight excluding hydrogens is 520 g/mol. The molecule has 4 atom stereocenters. The van der Waals surface area contributed by atoms with Crippen LogP contribution in [0.5, 0.6) is 0 Å². The van der Waals surface area contributed by atoms with Gasteiger partial charge in [-0.3, -0.25) is 0 Å². The molecule has 1 fully saturated rings. The maximum Gasteiger partial charge on any atom is 0.175 e. The lowest BCUT2D eigenvalue weighted by Gasteiger charge is -2.39. The summed E-state index contributed by atoms with van der Waals surface area (Å²) in [6.07, 6.45) is 37.6. The summed E-state index contributed by atoms with van der Waals surface area (Å²) in [7, 11) is 0. The van der Waals surface area contributed by atoms with Crippen molar-refractivity contribution in [3.63, 3.8) is 0 Å². The lowest BCUT2D eigenvalue weighted by atomic mass is 10.0. The molecule has 1 rings (SSSR count). The summed E-state index contributed by atoms with van der Waals surface area (Å²) in [5.74, 6) is 0. The number of rotatable bonds is 32. The van der Waals surface area contributed by atoms with Gasteiger partial charge in [0, 0.05) is 13.2 Å². The maximum absolute atomic E-state index is 6.48. The topological polar surface area (TPSA) is 79.7 Å². The van der Waals surface area contributed by atoms with Crippen LogP contribution >= 0.6 is 0 Å². The molecule has 0 aromatic carbocycles. The van der Waals surface area contributed by atoms with E-state index in [4.69, 9.17) is 25.7 Å². The molecule has 4 N–H and O–H groups in total. The van der Waals surface area contributed by atoms with Gasteiger partial charge >= 0.3 is 0 Å². The van der Waals surface area contributed by atoms with Crippen molar-refractivity contribution in [1.82, 2.24) is 0 Å². The van der Waals surface area contributed by atoms with Gasteiger partial charge < -0.3 is 25.7 Å². The third-order valence-corrected chi connectivity index (χ3v) is 9.16. The second-order valence-electron chi connectivity index (χ2n) is 13.3. The summed E-state index contributed by atoms with van der Waals surface area (Å²) in [4.78, 5) is 0. The van der Waals surface area contributed by atoms with Crippen molar-refractivity contribution < 1.29 is 14.2 Å². The molecule has 0 aromatic heterocycles. The maximum atomic E-state index is 6.48. The predicted octanol–water partition coefficient (Wildman–Crippen LogP) is 10.4. The summed E-state index contributed by atoms with van der Waals surface area (Å²) in [5.41, 5.74) is 12.8. The van der Waals surface area contributed by atoms with Crippen molar-refractivity contribution in [2.45, 2.75) is 218 Å². The van der Waals surface area contributed by atoms with Gasteiger partial charge in [0.1, 0.15) is 0 Å². The number of ether oxygens (including phenoxy) is 3. The fraction of sp³-hybridized carbons (Fsp3) is 1.00. The fourth-order valence-electron chi connectivity index (χ4n) is 6.26. The molecule has 5 nitrogen and oxygen atoms in total. The van der Waals surface area contributed by atoms with E-state index in [1.165, 1.54) is 167 Å². The summed E-state index contributed by atoms with van der Waals surface area (Å²) < 4.78 is 18.0. The lowest BCUT2D eigenvalue weighted by molar-refractivity contribution is -0.209. The molecule has 0 bridgehead atoms. The van der Waals surface area contributed by atoms with Gasteiger partial charge in [0.15, 0.2) is 6.29 Å². The number of hydrogen-bond acceptors (Lipinski definition) is 5. The van der Waals surface area contributed by atoms with Crippen molar-refractivity contribution in [3.05, 3.63) is 0 Å². The van der Waals surface area contributed by atoms with E-state index in [2.05, 4.69) is 13.8 Å². The van der Waals surface area contributed by atoms with Gasteiger partial charge in [-0.1, -0.05) is 181 Å². The predicted molar refractivity (Wildman–Crippen MR) is 182 cm³/mol. The van der Waals surface area contributed by atoms with E-state index in [0.717, 1.165) is 19.4 Å². The first kappa shape index (κ1) is 39.8. The van der Waals surface area contributed by atoms with E-state index in [1.807, 2.05) is 0 Å². The lowest BCUT2D eigenvalue weighted by Crippen LogP contribution is -2.61. The zero-order valence-electron chi connectivity index (χ0n) is 28.6. The van der Waals surface area contributed by atoms with Crippen LogP contribution in [0.4, 0.5) is 0 Å². The molecule has 1 heterocycles. The van der Waals surface area contributed by atoms with E-state index < -0.39 is 6.29 Å². The highest BCUT2D eigenvalue weighted by atomic mass is 16.7. The highest BCUT2D eigenvalue weighted by Crippen LogP contribution is 2.19. The first-order valence-electron chi connectivity index (χ1n) is 19.1. The summed E-state index contributed by atoms with van der Waals surface area (Å²) >= 11 is 0. The fourth-order valence-corrected chi connectivity index (χ4v) is 6.26. The van der Waals surface area contributed by atoms with E-state index in [0.29, 0.717) is 13.2 Å². The van der Waals surface area contributed by atoms with Crippen molar-refractivity contribution in [3.8, 4) is 0 Å². The first-order valence-corrected chi connectivity index (χ1v) is 19.1. The molecule has 0 radical (unpaired) electrons. The Bertz CT molecular complexity index is 535. The van der Waals surface area contributed by atoms with Crippen LogP contribution in [-0.2, 0) is 14.2 Å². The van der Waals surface area contributed by atoms with Crippen LogP contribution in [0.2, 0.25) is 0 Å². The Hall–Kier alpha value is -0.200.